The summed E-state index contributed by atoms with van der Waals surface area (Å²) in [5, 5.41) is 35.2. The molecule has 0 saturated carbocycles. The quantitative estimate of drug-likeness (QED) is 0.212. The van der Waals surface area contributed by atoms with E-state index in [1.165, 1.54) is 0 Å². The molecule has 0 aromatic carbocycles. The summed E-state index contributed by atoms with van der Waals surface area (Å²) >= 11 is 0. The average Bonchev–Trinajstić information content (AvgIpc) is 2.11. The Morgan fingerprint density at radius 2 is 1.43 bits per heavy atom. The highest BCUT2D eigenvalue weighted by Gasteiger charge is 2.39. The van der Waals surface area contributed by atoms with Gasteiger partial charge in [-0.2, -0.15) is 0 Å². The summed E-state index contributed by atoms with van der Waals surface area (Å²) < 4.78 is 10.4. The molecule has 9 heteroatoms. The van der Waals surface area contributed by atoms with Gasteiger partial charge in [-0.1, -0.05) is 0 Å². The maximum atomic E-state index is 10.4. The largest absolute Gasteiger partial charge is 0.387 e. The Labute approximate surface area is 78.6 Å². The Bertz CT molecular complexity index is 236. The number of aldehydes is 1. The molecule has 8 nitrogen and oxygen atoms in total. The number of carbonyl (C=O) groups excluding carboxylic acids is 1. The fourth-order valence-corrected chi connectivity index (χ4v) is 1.23. The van der Waals surface area contributed by atoms with E-state index in [-0.39, 0.29) is 6.29 Å². The van der Waals surface area contributed by atoms with Crippen LogP contribution < -0.4 is 0 Å². The maximum absolute atomic E-state index is 10.4. The van der Waals surface area contributed by atoms with Gasteiger partial charge in [0.05, 0.1) is 0 Å². The van der Waals surface area contributed by atoms with Gasteiger partial charge in [0.15, 0.2) is 12.1 Å². The minimum absolute atomic E-state index is 0.139. The van der Waals surface area contributed by atoms with Crippen LogP contribution in [-0.4, -0.2) is 60.7 Å². The molecule has 1 unspecified atom stereocenters. The molecule has 0 saturated heterocycles. The van der Waals surface area contributed by atoms with Crippen molar-refractivity contribution in [1.82, 2.24) is 0 Å². The second kappa shape index (κ2) is 4.94. The van der Waals surface area contributed by atoms with Crippen LogP contribution in [0.1, 0.15) is 0 Å². The van der Waals surface area contributed by atoms with E-state index in [0.29, 0.717) is 0 Å². The summed E-state index contributed by atoms with van der Waals surface area (Å²) in [5.41, 5.74) is 0. The summed E-state index contributed by atoms with van der Waals surface area (Å²) in [6.45, 7) is 0. The zero-order valence-corrected chi connectivity index (χ0v) is 7.73. The van der Waals surface area contributed by atoms with Crippen molar-refractivity contribution in [2.75, 3.05) is 0 Å². The Hall–Kier alpha value is -0.340. The van der Waals surface area contributed by atoms with Crippen molar-refractivity contribution in [3.63, 3.8) is 0 Å². The third-order valence-corrected chi connectivity index (χ3v) is 2.48. The highest BCUT2D eigenvalue weighted by molar-refractivity contribution is 7.52. The van der Waals surface area contributed by atoms with Crippen LogP contribution in [0.5, 0.6) is 0 Å². The molecular weight excluding hydrogens is 219 g/mol. The third-order valence-electron chi connectivity index (χ3n) is 1.49. The molecule has 6 N–H and O–H groups in total. The predicted molar refractivity (Wildman–Crippen MR) is 42.1 cm³/mol. The van der Waals surface area contributed by atoms with Gasteiger partial charge in [0, 0.05) is 0 Å². The van der Waals surface area contributed by atoms with E-state index in [0.717, 1.165) is 0 Å². The van der Waals surface area contributed by atoms with Crippen LogP contribution in [0.25, 0.3) is 0 Å². The zero-order valence-electron chi connectivity index (χ0n) is 6.83. The first-order valence-electron chi connectivity index (χ1n) is 3.44. The number of carbonyl (C=O) groups is 1. The van der Waals surface area contributed by atoms with E-state index < -0.39 is 31.8 Å². The van der Waals surface area contributed by atoms with Crippen molar-refractivity contribution in [1.29, 1.82) is 0 Å². The standard InChI is InChI=1S/C5H11O8P/c6-1-2(7)3(8)4(9)5(10)14(11,12)13/h1-5,7-10H,(H2,11,12,13)/t2-,3-,4-,5?/m0/s1. The van der Waals surface area contributed by atoms with Gasteiger partial charge in [-0.3, -0.25) is 4.57 Å². The Kier molecular flexibility index (Phi) is 4.82. The Morgan fingerprint density at radius 1 is 1.00 bits per heavy atom. The van der Waals surface area contributed by atoms with Gasteiger partial charge in [0.1, 0.15) is 18.3 Å². The minimum atomic E-state index is -5.00. The van der Waals surface area contributed by atoms with Crippen LogP contribution in [0.4, 0.5) is 0 Å². The fourth-order valence-electron chi connectivity index (χ4n) is 0.658. The molecule has 0 spiro atoms. The van der Waals surface area contributed by atoms with Crippen LogP contribution in [0.3, 0.4) is 0 Å². The van der Waals surface area contributed by atoms with Crippen molar-refractivity contribution in [3.05, 3.63) is 0 Å². The van der Waals surface area contributed by atoms with Gasteiger partial charge in [-0.25, -0.2) is 0 Å². The summed E-state index contributed by atoms with van der Waals surface area (Å²) in [6.07, 6.45) is -6.63. The molecule has 0 rings (SSSR count). The topological polar surface area (TPSA) is 156 Å². The van der Waals surface area contributed by atoms with E-state index in [1.54, 1.807) is 0 Å². The molecule has 0 aromatic heterocycles. The molecular formula is C5H11O8P. The lowest BCUT2D eigenvalue weighted by Crippen LogP contribution is -2.44. The second-order valence-corrected chi connectivity index (χ2v) is 4.32. The predicted octanol–water partition coefficient (Wildman–Crippen LogP) is -3.24. The van der Waals surface area contributed by atoms with Gasteiger partial charge in [0.25, 0.3) is 0 Å². The molecule has 0 aliphatic rings. The van der Waals surface area contributed by atoms with Gasteiger partial charge >= 0.3 is 7.60 Å². The molecule has 14 heavy (non-hydrogen) atoms. The summed E-state index contributed by atoms with van der Waals surface area (Å²) in [4.78, 5) is 26.7. The smallest absolute Gasteiger partial charge is 0.356 e. The highest BCUT2D eigenvalue weighted by atomic mass is 31.2. The molecule has 0 fully saturated rings. The van der Waals surface area contributed by atoms with E-state index in [9.17, 15) is 9.36 Å². The number of aliphatic hydroxyl groups excluding tert-OH is 4. The van der Waals surface area contributed by atoms with Crippen LogP contribution in [0, 0.1) is 0 Å². The van der Waals surface area contributed by atoms with E-state index in [1.807, 2.05) is 0 Å². The van der Waals surface area contributed by atoms with E-state index in [2.05, 4.69) is 0 Å². The lowest BCUT2D eigenvalue weighted by molar-refractivity contribution is -0.130. The number of rotatable bonds is 5. The number of hydrogen-bond acceptors (Lipinski definition) is 6. The summed E-state index contributed by atoms with van der Waals surface area (Å²) in [5.74, 6) is -2.55. The lowest BCUT2D eigenvalue weighted by atomic mass is 10.1. The summed E-state index contributed by atoms with van der Waals surface area (Å²) in [6, 6.07) is 0. The average molecular weight is 230 g/mol. The normalized spacial score (nSPS) is 21.0. The maximum Gasteiger partial charge on any atom is 0.356 e. The van der Waals surface area contributed by atoms with Crippen molar-refractivity contribution < 1.29 is 39.6 Å². The monoisotopic (exact) mass is 230 g/mol. The van der Waals surface area contributed by atoms with Gasteiger partial charge in [0.2, 0.25) is 0 Å². The van der Waals surface area contributed by atoms with E-state index >= 15 is 0 Å². The molecule has 84 valence electrons. The first-order valence-corrected chi connectivity index (χ1v) is 5.12. The molecule has 0 heterocycles. The third kappa shape index (κ3) is 3.43. The van der Waals surface area contributed by atoms with Crippen LogP contribution >= 0.6 is 7.60 Å². The molecule has 0 aliphatic heterocycles. The molecule has 0 amide bonds. The molecule has 0 bridgehead atoms. The minimum Gasteiger partial charge on any atom is -0.387 e. The van der Waals surface area contributed by atoms with Gasteiger partial charge < -0.3 is 35.0 Å². The molecule has 0 radical (unpaired) electrons. The lowest BCUT2D eigenvalue weighted by Gasteiger charge is -2.24. The Morgan fingerprint density at radius 3 is 1.71 bits per heavy atom. The first-order chi connectivity index (χ1) is 6.21. The number of hydrogen-bond donors (Lipinski definition) is 6. The van der Waals surface area contributed by atoms with Crippen LogP contribution in [0.15, 0.2) is 0 Å². The molecule has 4 atom stereocenters. The SMILES string of the molecule is O=C[C@H](O)[C@H](O)[C@H](O)C(O)P(=O)(O)O. The zero-order chi connectivity index (χ0) is 11.5. The summed E-state index contributed by atoms with van der Waals surface area (Å²) in [7, 11) is -5.00. The first kappa shape index (κ1) is 13.7. The fraction of sp³-hybridized carbons (Fsp3) is 0.800. The van der Waals surface area contributed by atoms with E-state index in [4.69, 9.17) is 30.2 Å². The molecule has 0 aliphatic carbocycles. The number of aliphatic hydroxyl groups is 4. The highest BCUT2D eigenvalue weighted by Crippen LogP contribution is 2.41. The Balaban J connectivity index is 4.54. The molecule has 0 aromatic rings. The van der Waals surface area contributed by atoms with Crippen molar-refractivity contribution in [3.8, 4) is 0 Å². The van der Waals surface area contributed by atoms with Crippen molar-refractivity contribution in [2.24, 2.45) is 0 Å². The van der Waals surface area contributed by atoms with Gasteiger partial charge in [-0.15, -0.1) is 0 Å². The van der Waals surface area contributed by atoms with Crippen molar-refractivity contribution >= 4 is 13.9 Å². The van der Waals surface area contributed by atoms with Crippen molar-refractivity contribution in [2.45, 2.75) is 24.2 Å². The van der Waals surface area contributed by atoms with Crippen LogP contribution in [0.2, 0.25) is 0 Å². The second-order valence-electron chi connectivity index (χ2n) is 2.61. The van der Waals surface area contributed by atoms with Gasteiger partial charge in [-0.05, 0) is 0 Å². The van der Waals surface area contributed by atoms with Crippen LogP contribution in [-0.2, 0) is 9.36 Å².